The van der Waals surface area contributed by atoms with Crippen LogP contribution in [0.4, 0.5) is 5.69 Å². The molecule has 0 atom stereocenters. The average molecular weight is 216 g/mol. The summed E-state index contributed by atoms with van der Waals surface area (Å²) in [6, 6.07) is 6.29. The number of fused-ring (bicyclic) bond motifs is 1. The molecule has 0 aromatic heterocycles. The molecule has 0 radical (unpaired) electrons. The Morgan fingerprint density at radius 2 is 2.31 bits per heavy atom. The van der Waals surface area contributed by atoms with Crippen LogP contribution in [0.15, 0.2) is 12.1 Å². The first-order valence-electron chi connectivity index (χ1n) is 5.54. The van der Waals surface area contributed by atoms with Gasteiger partial charge in [0.1, 0.15) is 5.75 Å². The van der Waals surface area contributed by atoms with Gasteiger partial charge in [0.25, 0.3) is 0 Å². The molecule has 0 spiro atoms. The zero-order chi connectivity index (χ0) is 11.5. The van der Waals surface area contributed by atoms with E-state index in [4.69, 9.17) is 10.00 Å². The van der Waals surface area contributed by atoms with Crippen LogP contribution in [-0.4, -0.2) is 20.7 Å². The summed E-state index contributed by atoms with van der Waals surface area (Å²) in [5.74, 6) is 0.908. The average Bonchev–Trinajstić information content (AvgIpc) is 2.29. The summed E-state index contributed by atoms with van der Waals surface area (Å²) in [5, 5.41) is 8.78. The van der Waals surface area contributed by atoms with Gasteiger partial charge in [-0.15, -0.1) is 0 Å². The standard InChI is InChI=1S/C13H16N2O/c1-15-9-3-4-11-12(15)6-5-10(7-8-14)13(11)16-2/h5-6H,3-4,7,9H2,1-2H3. The number of hydrogen-bond acceptors (Lipinski definition) is 3. The molecule has 1 aliphatic rings. The molecule has 3 heteroatoms. The van der Waals surface area contributed by atoms with E-state index in [1.54, 1.807) is 7.11 Å². The minimum absolute atomic E-state index is 0.417. The maximum absolute atomic E-state index is 8.78. The van der Waals surface area contributed by atoms with Crippen LogP contribution < -0.4 is 9.64 Å². The number of methoxy groups -OCH3 is 1. The van der Waals surface area contributed by atoms with Crippen molar-refractivity contribution in [1.29, 1.82) is 5.26 Å². The first-order chi connectivity index (χ1) is 7.77. The minimum atomic E-state index is 0.417. The van der Waals surface area contributed by atoms with Crippen molar-refractivity contribution >= 4 is 5.69 Å². The maximum atomic E-state index is 8.78. The highest BCUT2D eigenvalue weighted by molar-refractivity contribution is 5.63. The van der Waals surface area contributed by atoms with Gasteiger partial charge in [-0.1, -0.05) is 6.07 Å². The van der Waals surface area contributed by atoms with Gasteiger partial charge in [-0.25, -0.2) is 0 Å². The van der Waals surface area contributed by atoms with Crippen LogP contribution in [0.5, 0.6) is 5.75 Å². The molecule has 0 fully saturated rings. The fraction of sp³-hybridized carbons (Fsp3) is 0.462. The van der Waals surface area contributed by atoms with Gasteiger partial charge in [-0.2, -0.15) is 5.26 Å². The largest absolute Gasteiger partial charge is 0.496 e. The second kappa shape index (κ2) is 4.44. The Morgan fingerprint density at radius 1 is 1.50 bits per heavy atom. The summed E-state index contributed by atoms with van der Waals surface area (Å²) in [4.78, 5) is 2.25. The van der Waals surface area contributed by atoms with Crippen LogP contribution in [0.25, 0.3) is 0 Å². The highest BCUT2D eigenvalue weighted by atomic mass is 16.5. The predicted molar refractivity (Wildman–Crippen MR) is 63.9 cm³/mol. The molecule has 0 amide bonds. The quantitative estimate of drug-likeness (QED) is 0.760. The summed E-state index contributed by atoms with van der Waals surface area (Å²) in [5.41, 5.74) is 3.49. The van der Waals surface area contributed by atoms with Crippen molar-refractivity contribution in [3.05, 3.63) is 23.3 Å². The third-order valence-corrected chi connectivity index (χ3v) is 3.12. The van der Waals surface area contributed by atoms with Gasteiger partial charge in [0, 0.05) is 30.4 Å². The van der Waals surface area contributed by atoms with Crippen LogP contribution in [0.1, 0.15) is 17.5 Å². The molecule has 2 rings (SSSR count). The zero-order valence-corrected chi connectivity index (χ0v) is 9.79. The summed E-state index contributed by atoms with van der Waals surface area (Å²) >= 11 is 0. The third-order valence-electron chi connectivity index (χ3n) is 3.12. The second-order valence-corrected chi connectivity index (χ2v) is 4.12. The molecular formula is C13H16N2O. The molecule has 3 nitrogen and oxygen atoms in total. The summed E-state index contributed by atoms with van der Waals surface area (Å²) in [7, 11) is 3.78. The summed E-state index contributed by atoms with van der Waals surface area (Å²) < 4.78 is 5.47. The Bertz CT molecular complexity index is 434. The Kier molecular flexibility index (Phi) is 3.00. The fourth-order valence-electron chi connectivity index (χ4n) is 2.36. The molecule has 0 saturated carbocycles. The number of benzene rings is 1. The van der Waals surface area contributed by atoms with Gasteiger partial charge in [-0.3, -0.25) is 0 Å². The number of nitrogens with zero attached hydrogens (tertiary/aromatic N) is 2. The van der Waals surface area contributed by atoms with Crippen LogP contribution in [0, 0.1) is 11.3 Å². The molecule has 1 aromatic carbocycles. The third kappa shape index (κ3) is 1.71. The topological polar surface area (TPSA) is 36.3 Å². The first kappa shape index (κ1) is 10.8. The second-order valence-electron chi connectivity index (χ2n) is 4.12. The number of hydrogen-bond donors (Lipinski definition) is 0. The molecule has 84 valence electrons. The van der Waals surface area contributed by atoms with Crippen molar-refractivity contribution in [3.63, 3.8) is 0 Å². The molecule has 0 aliphatic carbocycles. The van der Waals surface area contributed by atoms with E-state index in [2.05, 4.69) is 24.1 Å². The first-order valence-corrected chi connectivity index (χ1v) is 5.54. The van der Waals surface area contributed by atoms with Crippen LogP contribution in [-0.2, 0) is 12.8 Å². The van der Waals surface area contributed by atoms with Gasteiger partial charge in [-0.05, 0) is 18.9 Å². The number of nitriles is 1. The van der Waals surface area contributed by atoms with E-state index in [0.717, 1.165) is 30.7 Å². The molecule has 0 unspecified atom stereocenters. The van der Waals surface area contributed by atoms with Gasteiger partial charge in [0.2, 0.25) is 0 Å². The monoisotopic (exact) mass is 216 g/mol. The van der Waals surface area contributed by atoms with Gasteiger partial charge in [0.05, 0.1) is 19.6 Å². The zero-order valence-electron chi connectivity index (χ0n) is 9.79. The number of anilines is 1. The van der Waals surface area contributed by atoms with Crippen molar-refractivity contribution in [2.24, 2.45) is 0 Å². The lowest BCUT2D eigenvalue weighted by molar-refractivity contribution is 0.404. The predicted octanol–water partition coefficient (Wildman–Crippen LogP) is 2.14. The lowest BCUT2D eigenvalue weighted by Gasteiger charge is -2.29. The van der Waals surface area contributed by atoms with E-state index < -0.39 is 0 Å². The van der Waals surface area contributed by atoms with Crippen molar-refractivity contribution in [3.8, 4) is 11.8 Å². The molecule has 0 bridgehead atoms. The molecule has 1 aliphatic heterocycles. The van der Waals surface area contributed by atoms with Crippen molar-refractivity contribution in [2.45, 2.75) is 19.3 Å². The van der Waals surface area contributed by atoms with Crippen molar-refractivity contribution < 1.29 is 4.74 Å². The molecule has 0 saturated heterocycles. The maximum Gasteiger partial charge on any atom is 0.128 e. The van der Waals surface area contributed by atoms with E-state index in [1.165, 1.54) is 11.3 Å². The van der Waals surface area contributed by atoms with Gasteiger partial charge in [0.15, 0.2) is 0 Å². The smallest absolute Gasteiger partial charge is 0.128 e. The van der Waals surface area contributed by atoms with E-state index in [-0.39, 0.29) is 0 Å². The molecule has 1 aromatic rings. The van der Waals surface area contributed by atoms with Crippen LogP contribution in [0.3, 0.4) is 0 Å². The summed E-state index contributed by atoms with van der Waals surface area (Å²) in [6.45, 7) is 1.09. The Labute approximate surface area is 96.2 Å². The highest BCUT2D eigenvalue weighted by Crippen LogP contribution is 2.36. The minimum Gasteiger partial charge on any atom is -0.496 e. The SMILES string of the molecule is COc1c(CC#N)ccc2c1CCCN2C. The molecular weight excluding hydrogens is 200 g/mol. The van der Waals surface area contributed by atoms with E-state index in [9.17, 15) is 0 Å². The molecule has 16 heavy (non-hydrogen) atoms. The molecule has 0 N–H and O–H groups in total. The van der Waals surface area contributed by atoms with Crippen LogP contribution >= 0.6 is 0 Å². The van der Waals surface area contributed by atoms with E-state index in [0.29, 0.717) is 6.42 Å². The van der Waals surface area contributed by atoms with Gasteiger partial charge < -0.3 is 9.64 Å². The van der Waals surface area contributed by atoms with E-state index >= 15 is 0 Å². The Balaban J connectivity index is 2.51. The van der Waals surface area contributed by atoms with Crippen molar-refractivity contribution in [2.75, 3.05) is 25.6 Å². The highest BCUT2D eigenvalue weighted by Gasteiger charge is 2.19. The van der Waals surface area contributed by atoms with Crippen molar-refractivity contribution in [1.82, 2.24) is 0 Å². The van der Waals surface area contributed by atoms with E-state index in [1.807, 2.05) is 6.07 Å². The number of ether oxygens (including phenoxy) is 1. The Morgan fingerprint density at radius 3 is 3.00 bits per heavy atom. The lowest BCUT2D eigenvalue weighted by atomic mass is 9.97. The van der Waals surface area contributed by atoms with Gasteiger partial charge >= 0.3 is 0 Å². The molecule has 1 heterocycles. The Hall–Kier alpha value is -1.69. The summed E-state index contributed by atoms with van der Waals surface area (Å²) in [6.07, 6.45) is 2.61. The fourth-order valence-corrected chi connectivity index (χ4v) is 2.36. The normalized spacial score (nSPS) is 14.2. The lowest BCUT2D eigenvalue weighted by Crippen LogP contribution is -2.25. The number of rotatable bonds is 2. The van der Waals surface area contributed by atoms with Crippen LogP contribution in [0.2, 0.25) is 0 Å².